The molecule has 3 heteroatoms. The minimum Gasteiger partial charge on any atom is -0.370 e. The summed E-state index contributed by atoms with van der Waals surface area (Å²) in [5.74, 6) is 0.547. The third-order valence-corrected chi connectivity index (χ3v) is 3.37. The van der Waals surface area contributed by atoms with Crippen LogP contribution in [0.25, 0.3) is 0 Å². The first kappa shape index (κ1) is 12.9. The molecule has 1 heterocycles. The van der Waals surface area contributed by atoms with Gasteiger partial charge in [-0.2, -0.15) is 0 Å². The number of ether oxygens (including phenoxy) is 1. The highest BCUT2D eigenvalue weighted by atomic mass is 16.5. The van der Waals surface area contributed by atoms with Gasteiger partial charge in [0.1, 0.15) is 0 Å². The van der Waals surface area contributed by atoms with Crippen molar-refractivity contribution in [2.24, 2.45) is 11.7 Å². The Morgan fingerprint density at radius 3 is 2.53 bits per heavy atom. The van der Waals surface area contributed by atoms with Gasteiger partial charge in [-0.1, -0.05) is 6.92 Å². The van der Waals surface area contributed by atoms with Crippen molar-refractivity contribution < 1.29 is 4.74 Å². The molecule has 0 bridgehead atoms. The first-order valence-electron chi connectivity index (χ1n) is 5.97. The molecule has 0 amide bonds. The lowest BCUT2D eigenvalue weighted by molar-refractivity contribution is -0.139. The van der Waals surface area contributed by atoms with Crippen LogP contribution < -0.4 is 5.73 Å². The standard InChI is InChI=1S/C12H26N2O/c1-9(6-13)11(3)14-7-10(2)15-12(4,5)8-14/h9-11H,6-8,13H2,1-5H3. The van der Waals surface area contributed by atoms with Gasteiger partial charge in [-0.25, -0.2) is 0 Å². The Balaban J connectivity index is 2.61. The number of morpholine rings is 1. The Kier molecular flexibility index (Phi) is 4.15. The van der Waals surface area contributed by atoms with E-state index >= 15 is 0 Å². The van der Waals surface area contributed by atoms with Crippen LogP contribution in [0.3, 0.4) is 0 Å². The summed E-state index contributed by atoms with van der Waals surface area (Å²) in [6.07, 6.45) is 0.321. The van der Waals surface area contributed by atoms with Gasteiger partial charge in [-0.15, -0.1) is 0 Å². The summed E-state index contributed by atoms with van der Waals surface area (Å²) in [4.78, 5) is 2.51. The second-order valence-corrected chi connectivity index (χ2v) is 5.57. The molecule has 1 aliphatic heterocycles. The number of nitrogens with two attached hydrogens (primary N) is 1. The normalized spacial score (nSPS) is 31.2. The summed E-state index contributed by atoms with van der Waals surface area (Å²) in [6, 6.07) is 0.542. The summed E-state index contributed by atoms with van der Waals surface area (Å²) in [5.41, 5.74) is 5.70. The molecule has 0 spiro atoms. The molecule has 0 aromatic heterocycles. The average molecular weight is 214 g/mol. The van der Waals surface area contributed by atoms with E-state index in [1.165, 1.54) is 0 Å². The fraction of sp³-hybridized carbons (Fsp3) is 1.00. The monoisotopic (exact) mass is 214 g/mol. The van der Waals surface area contributed by atoms with Crippen molar-refractivity contribution in [3.05, 3.63) is 0 Å². The van der Waals surface area contributed by atoms with Gasteiger partial charge in [0.25, 0.3) is 0 Å². The largest absolute Gasteiger partial charge is 0.370 e. The molecule has 3 nitrogen and oxygen atoms in total. The molecule has 0 saturated carbocycles. The molecular formula is C12H26N2O. The average Bonchev–Trinajstić information content (AvgIpc) is 2.12. The van der Waals surface area contributed by atoms with Gasteiger partial charge in [0, 0.05) is 19.1 Å². The van der Waals surface area contributed by atoms with Crippen molar-refractivity contribution in [1.82, 2.24) is 4.90 Å². The second-order valence-electron chi connectivity index (χ2n) is 5.57. The van der Waals surface area contributed by atoms with Crippen LogP contribution in [0, 0.1) is 5.92 Å². The molecule has 0 radical (unpaired) electrons. The molecule has 0 aromatic carbocycles. The number of hydrogen-bond acceptors (Lipinski definition) is 3. The number of rotatable bonds is 3. The zero-order valence-corrected chi connectivity index (χ0v) is 10.8. The van der Waals surface area contributed by atoms with E-state index in [9.17, 15) is 0 Å². The molecule has 1 fully saturated rings. The highest BCUT2D eigenvalue weighted by Crippen LogP contribution is 2.24. The van der Waals surface area contributed by atoms with Crippen LogP contribution in [0.2, 0.25) is 0 Å². The van der Waals surface area contributed by atoms with Gasteiger partial charge in [0.2, 0.25) is 0 Å². The Morgan fingerprint density at radius 2 is 2.07 bits per heavy atom. The topological polar surface area (TPSA) is 38.5 Å². The van der Waals surface area contributed by atoms with Gasteiger partial charge in [0.05, 0.1) is 11.7 Å². The van der Waals surface area contributed by atoms with E-state index in [0.29, 0.717) is 18.1 Å². The van der Waals surface area contributed by atoms with E-state index in [1.54, 1.807) is 0 Å². The molecule has 1 aliphatic rings. The SMILES string of the molecule is CC1CN(C(C)C(C)CN)CC(C)(C)O1. The smallest absolute Gasteiger partial charge is 0.0757 e. The minimum absolute atomic E-state index is 0.0275. The maximum absolute atomic E-state index is 5.89. The maximum atomic E-state index is 5.89. The summed E-state index contributed by atoms with van der Waals surface area (Å²) in [7, 11) is 0. The molecule has 2 N–H and O–H groups in total. The molecule has 90 valence electrons. The molecule has 3 atom stereocenters. The van der Waals surface area contributed by atoms with Crippen LogP contribution in [0.4, 0.5) is 0 Å². The molecule has 15 heavy (non-hydrogen) atoms. The first-order valence-corrected chi connectivity index (χ1v) is 5.97. The zero-order chi connectivity index (χ0) is 11.6. The van der Waals surface area contributed by atoms with Crippen molar-refractivity contribution >= 4 is 0 Å². The lowest BCUT2D eigenvalue weighted by atomic mass is 9.97. The fourth-order valence-electron chi connectivity index (χ4n) is 2.37. The number of nitrogens with zero attached hydrogens (tertiary/aromatic N) is 1. The number of hydrogen-bond donors (Lipinski definition) is 1. The van der Waals surface area contributed by atoms with E-state index in [1.807, 2.05) is 0 Å². The van der Waals surface area contributed by atoms with Crippen molar-refractivity contribution in [1.29, 1.82) is 0 Å². The summed E-state index contributed by atoms with van der Waals surface area (Å²) < 4.78 is 5.89. The molecular weight excluding hydrogens is 188 g/mol. The van der Waals surface area contributed by atoms with Gasteiger partial charge >= 0.3 is 0 Å². The van der Waals surface area contributed by atoms with Gasteiger partial charge < -0.3 is 10.5 Å². The first-order chi connectivity index (χ1) is 6.85. The summed E-state index contributed by atoms with van der Waals surface area (Å²) >= 11 is 0. The maximum Gasteiger partial charge on any atom is 0.0757 e. The quantitative estimate of drug-likeness (QED) is 0.773. The highest BCUT2D eigenvalue weighted by molar-refractivity contribution is 4.86. The Labute approximate surface area is 94.0 Å². The predicted octanol–water partition coefficient (Wildman–Crippen LogP) is 1.47. The Hall–Kier alpha value is -0.120. The third-order valence-electron chi connectivity index (χ3n) is 3.37. The van der Waals surface area contributed by atoms with Gasteiger partial charge in [-0.3, -0.25) is 4.90 Å². The van der Waals surface area contributed by atoms with Crippen LogP contribution in [0.1, 0.15) is 34.6 Å². The predicted molar refractivity (Wildman–Crippen MR) is 63.9 cm³/mol. The zero-order valence-electron chi connectivity index (χ0n) is 10.8. The minimum atomic E-state index is -0.0275. The van der Waals surface area contributed by atoms with E-state index in [0.717, 1.165) is 19.6 Å². The molecule has 1 saturated heterocycles. The van der Waals surface area contributed by atoms with Gasteiger partial charge in [-0.05, 0) is 40.2 Å². The lowest BCUT2D eigenvalue weighted by Crippen LogP contribution is -2.56. The molecule has 3 unspecified atom stereocenters. The summed E-state index contributed by atoms with van der Waals surface area (Å²) in [5, 5.41) is 0. The van der Waals surface area contributed by atoms with Crippen molar-refractivity contribution in [2.75, 3.05) is 19.6 Å². The van der Waals surface area contributed by atoms with Crippen molar-refractivity contribution in [2.45, 2.75) is 52.4 Å². The van der Waals surface area contributed by atoms with E-state index < -0.39 is 0 Å². The molecule has 0 aromatic rings. The lowest BCUT2D eigenvalue weighted by Gasteiger charge is -2.45. The van der Waals surface area contributed by atoms with Crippen LogP contribution in [-0.4, -0.2) is 42.3 Å². The van der Waals surface area contributed by atoms with Crippen LogP contribution in [-0.2, 0) is 4.74 Å². The van der Waals surface area contributed by atoms with E-state index in [-0.39, 0.29) is 5.60 Å². The molecule has 1 rings (SSSR count). The molecule has 0 aliphatic carbocycles. The van der Waals surface area contributed by atoms with Crippen molar-refractivity contribution in [3.63, 3.8) is 0 Å². The van der Waals surface area contributed by atoms with Crippen LogP contribution in [0.15, 0.2) is 0 Å². The van der Waals surface area contributed by atoms with Crippen LogP contribution in [0.5, 0.6) is 0 Å². The van der Waals surface area contributed by atoms with E-state index in [2.05, 4.69) is 39.5 Å². The Bertz CT molecular complexity index is 206. The Morgan fingerprint density at radius 1 is 1.47 bits per heavy atom. The second kappa shape index (κ2) is 4.81. The highest BCUT2D eigenvalue weighted by Gasteiger charge is 2.34. The van der Waals surface area contributed by atoms with Gasteiger partial charge in [0.15, 0.2) is 0 Å². The third kappa shape index (κ3) is 3.44. The summed E-state index contributed by atoms with van der Waals surface area (Å²) in [6.45, 7) is 13.7. The van der Waals surface area contributed by atoms with Crippen LogP contribution >= 0.6 is 0 Å². The fourth-order valence-corrected chi connectivity index (χ4v) is 2.37. The van der Waals surface area contributed by atoms with E-state index in [4.69, 9.17) is 10.5 Å². The van der Waals surface area contributed by atoms with Crippen molar-refractivity contribution in [3.8, 4) is 0 Å².